The predicted molar refractivity (Wildman–Crippen MR) is 60.8 cm³/mol. The summed E-state index contributed by atoms with van der Waals surface area (Å²) in [5, 5.41) is 17.7. The number of ether oxygens (including phenoxy) is 2. The highest BCUT2D eigenvalue weighted by atomic mass is 16.5. The molecule has 1 rings (SSSR count). The van der Waals surface area contributed by atoms with Gasteiger partial charge in [-0.25, -0.2) is 0 Å². The minimum atomic E-state index is -0.0988. The summed E-state index contributed by atoms with van der Waals surface area (Å²) in [5.41, 5.74) is 0. The van der Waals surface area contributed by atoms with Crippen molar-refractivity contribution in [2.45, 2.75) is 6.42 Å². The molecule has 0 aromatic heterocycles. The summed E-state index contributed by atoms with van der Waals surface area (Å²) < 4.78 is 10.5. The molecule has 0 unspecified atom stereocenters. The van der Waals surface area contributed by atoms with Crippen molar-refractivity contribution in [1.82, 2.24) is 0 Å². The van der Waals surface area contributed by atoms with Crippen molar-refractivity contribution in [3.8, 4) is 11.5 Å². The minimum Gasteiger partial charge on any atom is -0.497 e. The molecule has 0 heterocycles. The van der Waals surface area contributed by atoms with E-state index in [9.17, 15) is 0 Å². The number of hydrogen-bond acceptors (Lipinski definition) is 4. The zero-order chi connectivity index (χ0) is 11.8. The van der Waals surface area contributed by atoms with Crippen LogP contribution in [0.1, 0.15) is 6.42 Å². The summed E-state index contributed by atoms with van der Waals surface area (Å²) >= 11 is 0. The van der Waals surface area contributed by atoms with Gasteiger partial charge in [0.2, 0.25) is 0 Å². The van der Waals surface area contributed by atoms with Crippen LogP contribution in [0.3, 0.4) is 0 Å². The maximum absolute atomic E-state index is 8.86. The third-order valence-electron chi connectivity index (χ3n) is 2.37. The van der Waals surface area contributed by atoms with Crippen LogP contribution < -0.4 is 9.47 Å². The molecule has 0 spiro atoms. The third kappa shape index (κ3) is 4.08. The average molecular weight is 226 g/mol. The van der Waals surface area contributed by atoms with Crippen LogP contribution in [-0.4, -0.2) is 37.1 Å². The van der Waals surface area contributed by atoms with Gasteiger partial charge in [-0.2, -0.15) is 0 Å². The van der Waals surface area contributed by atoms with E-state index in [1.54, 1.807) is 7.11 Å². The molecule has 0 fully saturated rings. The van der Waals surface area contributed by atoms with Crippen molar-refractivity contribution in [1.29, 1.82) is 0 Å². The molecule has 0 radical (unpaired) electrons. The zero-order valence-corrected chi connectivity index (χ0v) is 9.43. The van der Waals surface area contributed by atoms with E-state index in [2.05, 4.69) is 0 Å². The highest BCUT2D eigenvalue weighted by molar-refractivity contribution is 5.31. The van der Waals surface area contributed by atoms with Gasteiger partial charge in [0.25, 0.3) is 0 Å². The van der Waals surface area contributed by atoms with Crippen LogP contribution in [0.25, 0.3) is 0 Å². The van der Waals surface area contributed by atoms with E-state index in [0.29, 0.717) is 13.0 Å². The molecule has 4 nitrogen and oxygen atoms in total. The minimum absolute atomic E-state index is 0.0114. The van der Waals surface area contributed by atoms with E-state index in [1.807, 2.05) is 24.3 Å². The molecular formula is C12H18O4. The van der Waals surface area contributed by atoms with Crippen molar-refractivity contribution in [2.75, 3.05) is 26.9 Å². The molecule has 0 bridgehead atoms. The van der Waals surface area contributed by atoms with Crippen molar-refractivity contribution in [2.24, 2.45) is 5.92 Å². The second kappa shape index (κ2) is 7.09. The number of hydrogen-bond donors (Lipinski definition) is 2. The molecule has 0 saturated carbocycles. The molecule has 0 amide bonds. The molecule has 0 aliphatic rings. The van der Waals surface area contributed by atoms with Gasteiger partial charge in [0.05, 0.1) is 13.7 Å². The number of aliphatic hydroxyl groups excluding tert-OH is 2. The van der Waals surface area contributed by atoms with Crippen LogP contribution in [0.2, 0.25) is 0 Å². The second-order valence-electron chi connectivity index (χ2n) is 3.54. The first kappa shape index (κ1) is 12.8. The molecule has 90 valence electrons. The Morgan fingerprint density at radius 1 is 1.06 bits per heavy atom. The first-order chi connectivity index (χ1) is 7.80. The van der Waals surface area contributed by atoms with Gasteiger partial charge in [-0.05, 0) is 30.7 Å². The fraction of sp³-hybridized carbons (Fsp3) is 0.500. The average Bonchev–Trinajstić information content (AvgIpc) is 2.35. The lowest BCUT2D eigenvalue weighted by Crippen LogP contribution is -2.14. The van der Waals surface area contributed by atoms with E-state index in [-0.39, 0.29) is 19.1 Å². The first-order valence-electron chi connectivity index (χ1n) is 5.28. The molecule has 0 aliphatic heterocycles. The smallest absolute Gasteiger partial charge is 0.119 e. The molecular weight excluding hydrogens is 208 g/mol. The molecule has 0 aliphatic carbocycles. The van der Waals surface area contributed by atoms with Crippen LogP contribution in [0, 0.1) is 5.92 Å². The Balaban J connectivity index is 2.31. The van der Waals surface area contributed by atoms with E-state index >= 15 is 0 Å². The number of methoxy groups -OCH3 is 1. The molecule has 1 aromatic rings. The SMILES string of the molecule is COc1ccc(OCCC(CO)CO)cc1. The summed E-state index contributed by atoms with van der Waals surface area (Å²) in [6.07, 6.45) is 0.638. The van der Waals surface area contributed by atoms with Crippen LogP contribution in [0.4, 0.5) is 0 Å². The van der Waals surface area contributed by atoms with Crippen molar-refractivity contribution >= 4 is 0 Å². The second-order valence-corrected chi connectivity index (χ2v) is 3.54. The number of benzene rings is 1. The van der Waals surface area contributed by atoms with Gasteiger partial charge >= 0.3 is 0 Å². The van der Waals surface area contributed by atoms with Gasteiger partial charge in [-0.15, -0.1) is 0 Å². The van der Waals surface area contributed by atoms with Crippen LogP contribution >= 0.6 is 0 Å². The van der Waals surface area contributed by atoms with Crippen molar-refractivity contribution in [3.63, 3.8) is 0 Å². The monoisotopic (exact) mass is 226 g/mol. The molecule has 4 heteroatoms. The number of aliphatic hydroxyl groups is 2. The summed E-state index contributed by atoms with van der Waals surface area (Å²) in [5.74, 6) is 1.45. The molecule has 16 heavy (non-hydrogen) atoms. The fourth-order valence-electron chi connectivity index (χ4n) is 1.26. The number of rotatable bonds is 7. The highest BCUT2D eigenvalue weighted by Crippen LogP contribution is 2.17. The van der Waals surface area contributed by atoms with Gasteiger partial charge in [0.15, 0.2) is 0 Å². The summed E-state index contributed by atoms with van der Waals surface area (Å²) in [7, 11) is 1.61. The van der Waals surface area contributed by atoms with Gasteiger partial charge in [-0.3, -0.25) is 0 Å². The lowest BCUT2D eigenvalue weighted by atomic mass is 10.1. The summed E-state index contributed by atoms with van der Waals surface area (Å²) in [4.78, 5) is 0. The zero-order valence-electron chi connectivity index (χ0n) is 9.43. The van der Waals surface area contributed by atoms with Gasteiger partial charge in [-0.1, -0.05) is 0 Å². The molecule has 0 atom stereocenters. The van der Waals surface area contributed by atoms with Gasteiger partial charge < -0.3 is 19.7 Å². The molecule has 1 aromatic carbocycles. The lowest BCUT2D eigenvalue weighted by molar-refractivity contribution is 0.128. The maximum Gasteiger partial charge on any atom is 0.119 e. The lowest BCUT2D eigenvalue weighted by Gasteiger charge is -2.11. The maximum atomic E-state index is 8.86. The largest absolute Gasteiger partial charge is 0.497 e. The third-order valence-corrected chi connectivity index (χ3v) is 2.37. The van der Waals surface area contributed by atoms with Crippen LogP contribution in [0.5, 0.6) is 11.5 Å². The Morgan fingerprint density at radius 2 is 1.62 bits per heavy atom. The quantitative estimate of drug-likeness (QED) is 0.730. The Hall–Kier alpha value is -1.26. The standard InChI is InChI=1S/C12H18O4/c1-15-11-2-4-12(5-3-11)16-7-6-10(8-13)9-14/h2-5,10,13-14H,6-9H2,1H3. The Bertz CT molecular complexity index is 280. The van der Waals surface area contributed by atoms with Crippen molar-refractivity contribution in [3.05, 3.63) is 24.3 Å². The normalized spacial score (nSPS) is 10.5. The first-order valence-corrected chi connectivity index (χ1v) is 5.28. The molecule has 0 saturated heterocycles. The predicted octanol–water partition coefficient (Wildman–Crippen LogP) is 1.06. The fourth-order valence-corrected chi connectivity index (χ4v) is 1.26. The Morgan fingerprint density at radius 3 is 2.12 bits per heavy atom. The highest BCUT2D eigenvalue weighted by Gasteiger charge is 2.05. The topological polar surface area (TPSA) is 58.9 Å². The Labute approximate surface area is 95.4 Å². The molecule has 2 N–H and O–H groups in total. The summed E-state index contributed by atoms with van der Waals surface area (Å²) in [6.45, 7) is 0.461. The van der Waals surface area contributed by atoms with Gasteiger partial charge in [0.1, 0.15) is 11.5 Å². The van der Waals surface area contributed by atoms with E-state index < -0.39 is 0 Å². The Kier molecular flexibility index (Phi) is 5.67. The summed E-state index contributed by atoms with van der Waals surface area (Å²) in [6, 6.07) is 7.30. The van der Waals surface area contributed by atoms with E-state index in [1.165, 1.54) is 0 Å². The van der Waals surface area contributed by atoms with E-state index in [0.717, 1.165) is 11.5 Å². The van der Waals surface area contributed by atoms with Crippen LogP contribution in [-0.2, 0) is 0 Å². The van der Waals surface area contributed by atoms with E-state index in [4.69, 9.17) is 19.7 Å². The van der Waals surface area contributed by atoms with Crippen molar-refractivity contribution < 1.29 is 19.7 Å². The van der Waals surface area contributed by atoms with Gasteiger partial charge in [0, 0.05) is 19.1 Å². The van der Waals surface area contributed by atoms with Crippen LogP contribution in [0.15, 0.2) is 24.3 Å².